The quantitative estimate of drug-likeness (QED) is 0.677. The lowest BCUT2D eigenvalue weighted by Crippen LogP contribution is -2.28. The standard InChI is InChI=1S/C12H14O2/c1-2-4-10(5-3-1)11-13-8-12(6-7-12)9-14-11/h1-5,11H,6-9H2. The van der Waals surface area contributed by atoms with Crippen molar-refractivity contribution in [1.29, 1.82) is 0 Å². The molecular formula is C12H14O2. The lowest BCUT2D eigenvalue weighted by Gasteiger charge is -2.29. The van der Waals surface area contributed by atoms with Crippen LogP contribution >= 0.6 is 0 Å². The second-order valence-corrected chi connectivity index (χ2v) is 4.36. The Kier molecular flexibility index (Phi) is 1.85. The maximum Gasteiger partial charge on any atom is 0.183 e. The maximum absolute atomic E-state index is 5.72. The summed E-state index contributed by atoms with van der Waals surface area (Å²) in [6.07, 6.45) is 2.41. The van der Waals surface area contributed by atoms with E-state index in [0.717, 1.165) is 18.8 Å². The highest BCUT2D eigenvalue weighted by Gasteiger charge is 2.47. The molecule has 1 aliphatic carbocycles. The van der Waals surface area contributed by atoms with Crippen LogP contribution in [-0.4, -0.2) is 13.2 Å². The van der Waals surface area contributed by atoms with Gasteiger partial charge in [0.25, 0.3) is 0 Å². The molecule has 0 unspecified atom stereocenters. The van der Waals surface area contributed by atoms with Gasteiger partial charge in [-0.05, 0) is 12.8 Å². The zero-order valence-corrected chi connectivity index (χ0v) is 8.11. The van der Waals surface area contributed by atoms with Crippen molar-refractivity contribution in [2.24, 2.45) is 5.41 Å². The van der Waals surface area contributed by atoms with Crippen LogP contribution in [0.2, 0.25) is 0 Å². The topological polar surface area (TPSA) is 18.5 Å². The first-order valence-electron chi connectivity index (χ1n) is 5.16. The Morgan fingerprint density at radius 1 is 1.00 bits per heavy atom. The molecule has 2 fully saturated rings. The Morgan fingerprint density at radius 2 is 1.64 bits per heavy atom. The zero-order valence-electron chi connectivity index (χ0n) is 8.11. The molecule has 2 aliphatic rings. The fourth-order valence-electron chi connectivity index (χ4n) is 1.86. The Labute approximate surface area is 83.8 Å². The Hall–Kier alpha value is -0.860. The molecule has 2 heteroatoms. The lowest BCUT2D eigenvalue weighted by atomic mass is 10.1. The zero-order chi connectivity index (χ0) is 9.43. The van der Waals surface area contributed by atoms with Crippen molar-refractivity contribution in [3.63, 3.8) is 0 Å². The smallest absolute Gasteiger partial charge is 0.183 e. The fourth-order valence-corrected chi connectivity index (χ4v) is 1.86. The summed E-state index contributed by atoms with van der Waals surface area (Å²) in [6.45, 7) is 1.74. The molecule has 1 aromatic rings. The van der Waals surface area contributed by atoms with Crippen LogP contribution in [0.15, 0.2) is 30.3 Å². The van der Waals surface area contributed by atoms with Crippen LogP contribution in [0.25, 0.3) is 0 Å². The molecule has 74 valence electrons. The van der Waals surface area contributed by atoms with Gasteiger partial charge in [-0.15, -0.1) is 0 Å². The van der Waals surface area contributed by atoms with E-state index in [0.29, 0.717) is 5.41 Å². The van der Waals surface area contributed by atoms with Gasteiger partial charge in [0, 0.05) is 11.0 Å². The summed E-state index contributed by atoms with van der Waals surface area (Å²) < 4.78 is 11.4. The molecule has 1 heterocycles. The third kappa shape index (κ3) is 1.45. The van der Waals surface area contributed by atoms with E-state index in [2.05, 4.69) is 12.1 Å². The first-order chi connectivity index (χ1) is 6.88. The van der Waals surface area contributed by atoms with E-state index < -0.39 is 0 Å². The molecule has 3 rings (SSSR count). The predicted octanol–water partition coefficient (Wildman–Crippen LogP) is 2.51. The normalized spacial score (nSPS) is 25.1. The van der Waals surface area contributed by atoms with Gasteiger partial charge in [0.15, 0.2) is 6.29 Å². The first-order valence-corrected chi connectivity index (χ1v) is 5.16. The van der Waals surface area contributed by atoms with E-state index in [9.17, 15) is 0 Å². The summed E-state index contributed by atoms with van der Waals surface area (Å²) in [5.74, 6) is 0. The lowest BCUT2D eigenvalue weighted by molar-refractivity contribution is -0.212. The van der Waals surface area contributed by atoms with Crippen LogP contribution in [0, 0.1) is 5.41 Å². The minimum absolute atomic E-state index is 0.137. The van der Waals surface area contributed by atoms with Gasteiger partial charge in [-0.3, -0.25) is 0 Å². The van der Waals surface area contributed by atoms with E-state index in [-0.39, 0.29) is 6.29 Å². The summed E-state index contributed by atoms with van der Waals surface area (Å²) >= 11 is 0. The van der Waals surface area contributed by atoms with Gasteiger partial charge in [-0.25, -0.2) is 0 Å². The molecule has 1 saturated carbocycles. The van der Waals surface area contributed by atoms with Gasteiger partial charge < -0.3 is 9.47 Å². The molecule has 2 nitrogen and oxygen atoms in total. The number of benzene rings is 1. The summed E-state index contributed by atoms with van der Waals surface area (Å²) in [6, 6.07) is 10.1. The van der Waals surface area contributed by atoms with Crippen LogP contribution < -0.4 is 0 Å². The number of hydrogen-bond acceptors (Lipinski definition) is 2. The molecule has 0 N–H and O–H groups in total. The fraction of sp³-hybridized carbons (Fsp3) is 0.500. The van der Waals surface area contributed by atoms with Crippen molar-refractivity contribution >= 4 is 0 Å². The SMILES string of the molecule is c1ccc(C2OCC3(CC3)CO2)cc1. The minimum Gasteiger partial charge on any atom is -0.348 e. The third-order valence-electron chi connectivity index (χ3n) is 3.11. The molecule has 0 amide bonds. The average molecular weight is 190 g/mol. The summed E-state index contributed by atoms with van der Waals surface area (Å²) in [4.78, 5) is 0. The van der Waals surface area contributed by atoms with Crippen LogP contribution in [0.4, 0.5) is 0 Å². The van der Waals surface area contributed by atoms with Gasteiger partial charge in [0.05, 0.1) is 13.2 Å². The van der Waals surface area contributed by atoms with Crippen molar-refractivity contribution in [3.05, 3.63) is 35.9 Å². The molecule has 0 radical (unpaired) electrons. The third-order valence-corrected chi connectivity index (χ3v) is 3.11. The van der Waals surface area contributed by atoms with Gasteiger partial charge >= 0.3 is 0 Å². The van der Waals surface area contributed by atoms with Crippen molar-refractivity contribution in [3.8, 4) is 0 Å². The van der Waals surface area contributed by atoms with Crippen molar-refractivity contribution in [2.75, 3.05) is 13.2 Å². The van der Waals surface area contributed by atoms with Gasteiger partial charge in [-0.2, -0.15) is 0 Å². The summed E-state index contributed by atoms with van der Waals surface area (Å²) in [5, 5.41) is 0. The summed E-state index contributed by atoms with van der Waals surface area (Å²) in [5.41, 5.74) is 1.52. The van der Waals surface area contributed by atoms with Crippen LogP contribution in [-0.2, 0) is 9.47 Å². The molecule has 1 aromatic carbocycles. The molecule has 0 bridgehead atoms. The number of hydrogen-bond donors (Lipinski definition) is 0. The summed E-state index contributed by atoms with van der Waals surface area (Å²) in [7, 11) is 0. The van der Waals surface area contributed by atoms with Gasteiger partial charge in [-0.1, -0.05) is 30.3 Å². The van der Waals surface area contributed by atoms with Crippen LogP contribution in [0.3, 0.4) is 0 Å². The van der Waals surface area contributed by atoms with E-state index in [4.69, 9.17) is 9.47 Å². The maximum atomic E-state index is 5.72. The van der Waals surface area contributed by atoms with Crippen molar-refractivity contribution < 1.29 is 9.47 Å². The van der Waals surface area contributed by atoms with Gasteiger partial charge in [0.2, 0.25) is 0 Å². The molecule has 14 heavy (non-hydrogen) atoms. The highest BCUT2D eigenvalue weighted by atomic mass is 16.7. The highest BCUT2D eigenvalue weighted by molar-refractivity contribution is 5.16. The van der Waals surface area contributed by atoms with Crippen LogP contribution in [0.1, 0.15) is 24.7 Å². The Balaban J connectivity index is 1.70. The molecule has 1 aliphatic heterocycles. The predicted molar refractivity (Wildman–Crippen MR) is 52.8 cm³/mol. The Bertz CT molecular complexity index is 306. The number of ether oxygens (including phenoxy) is 2. The highest BCUT2D eigenvalue weighted by Crippen LogP contribution is 2.49. The van der Waals surface area contributed by atoms with E-state index in [1.165, 1.54) is 12.8 Å². The molecule has 1 saturated heterocycles. The van der Waals surface area contributed by atoms with Crippen molar-refractivity contribution in [2.45, 2.75) is 19.1 Å². The monoisotopic (exact) mass is 190 g/mol. The average Bonchev–Trinajstić information content (AvgIpc) is 3.01. The van der Waals surface area contributed by atoms with Gasteiger partial charge in [0.1, 0.15) is 0 Å². The second kappa shape index (κ2) is 3.07. The molecular weight excluding hydrogens is 176 g/mol. The first kappa shape index (κ1) is 8.45. The molecule has 0 aromatic heterocycles. The van der Waals surface area contributed by atoms with Crippen molar-refractivity contribution in [1.82, 2.24) is 0 Å². The molecule has 0 atom stereocenters. The Morgan fingerprint density at radius 3 is 2.21 bits per heavy atom. The largest absolute Gasteiger partial charge is 0.348 e. The molecule has 1 spiro atoms. The van der Waals surface area contributed by atoms with Crippen LogP contribution in [0.5, 0.6) is 0 Å². The second-order valence-electron chi connectivity index (χ2n) is 4.36. The number of rotatable bonds is 1. The van der Waals surface area contributed by atoms with E-state index in [1.807, 2.05) is 18.2 Å². The van der Waals surface area contributed by atoms with E-state index >= 15 is 0 Å². The van der Waals surface area contributed by atoms with E-state index in [1.54, 1.807) is 0 Å². The minimum atomic E-state index is -0.137.